The van der Waals surface area contributed by atoms with E-state index in [-0.39, 0.29) is 17.5 Å². The van der Waals surface area contributed by atoms with E-state index in [4.69, 9.17) is 0 Å². The third-order valence-corrected chi connectivity index (χ3v) is 4.76. The molecule has 168 valence electrons. The van der Waals surface area contributed by atoms with Gasteiger partial charge < -0.3 is 5.11 Å². The fraction of sp³-hybridized carbons (Fsp3) is 0.385. The zero-order valence-corrected chi connectivity index (χ0v) is 19.3. The monoisotopic (exact) mass is 426 g/mol. The average Bonchev–Trinajstić information content (AvgIpc) is 3.19. The van der Waals surface area contributed by atoms with Gasteiger partial charge in [0, 0.05) is 24.1 Å². The van der Waals surface area contributed by atoms with Gasteiger partial charge in [-0.05, 0) is 56.9 Å². The summed E-state index contributed by atoms with van der Waals surface area (Å²) >= 11 is 0. The van der Waals surface area contributed by atoms with Crippen LogP contribution in [0, 0.1) is 12.7 Å². The quantitative estimate of drug-likeness (QED) is 0.423. The van der Waals surface area contributed by atoms with Crippen LogP contribution in [-0.4, -0.2) is 21.1 Å². The average molecular weight is 427 g/mol. The number of aromatic hydroxyl groups is 1. The predicted molar refractivity (Wildman–Crippen MR) is 127 cm³/mol. The van der Waals surface area contributed by atoms with Crippen LogP contribution in [0.2, 0.25) is 0 Å². The van der Waals surface area contributed by atoms with E-state index in [9.17, 15) is 14.3 Å². The molecule has 2 aromatic rings. The first kappa shape index (κ1) is 26.1. The van der Waals surface area contributed by atoms with E-state index in [1.165, 1.54) is 12.1 Å². The van der Waals surface area contributed by atoms with E-state index in [0.29, 0.717) is 12.8 Å². The first-order chi connectivity index (χ1) is 14.9. The number of carbonyl (C=O) groups is 1. The highest BCUT2D eigenvalue weighted by molar-refractivity contribution is 5.79. The van der Waals surface area contributed by atoms with Crippen molar-refractivity contribution in [3.63, 3.8) is 0 Å². The molecule has 0 aliphatic rings. The zero-order chi connectivity index (χ0) is 23.2. The number of rotatable bonds is 9. The van der Waals surface area contributed by atoms with Crippen molar-refractivity contribution in [1.29, 1.82) is 0 Å². The Balaban J connectivity index is 0.000000316. The topological polar surface area (TPSA) is 66.0 Å². The number of aromatic nitrogens is 2. The molecule has 1 atom stereocenters. The van der Waals surface area contributed by atoms with Crippen molar-refractivity contribution in [3.8, 4) is 5.75 Å². The number of benzene rings is 1. The molecule has 0 bridgehead atoms. The number of allylic oxidation sites excluding steroid dienone is 6. The van der Waals surface area contributed by atoms with Crippen LogP contribution >= 0.6 is 0 Å². The molecule has 0 radical (unpaired) electrons. The fourth-order valence-corrected chi connectivity index (χ4v) is 3.11. The molecule has 0 spiro atoms. The number of phenols is 1. The summed E-state index contributed by atoms with van der Waals surface area (Å²) in [5, 5.41) is 16.5. The number of phenolic OH excluding ortho intramolecular Hbond substituents is 1. The van der Waals surface area contributed by atoms with Crippen molar-refractivity contribution in [3.05, 3.63) is 77.4 Å². The second kappa shape index (κ2) is 14.1. The molecule has 1 aromatic heterocycles. The highest BCUT2D eigenvalue weighted by Crippen LogP contribution is 2.29. The minimum absolute atomic E-state index is 0.0824. The minimum atomic E-state index is -0.620. The number of hydrogen-bond acceptors (Lipinski definition) is 3. The molecule has 1 unspecified atom stereocenters. The van der Waals surface area contributed by atoms with Crippen LogP contribution in [0.4, 0.5) is 4.39 Å². The summed E-state index contributed by atoms with van der Waals surface area (Å²) in [6.07, 6.45) is 13.0. The molecule has 0 saturated carbocycles. The molecule has 0 aliphatic heterocycles. The van der Waals surface area contributed by atoms with E-state index >= 15 is 0 Å². The van der Waals surface area contributed by atoms with Crippen LogP contribution in [0.5, 0.6) is 5.75 Å². The van der Waals surface area contributed by atoms with Crippen LogP contribution in [0.15, 0.2) is 54.6 Å². The fourth-order valence-electron chi connectivity index (χ4n) is 3.11. The van der Waals surface area contributed by atoms with Crippen molar-refractivity contribution in [1.82, 2.24) is 10.2 Å². The maximum atomic E-state index is 13.0. The second-order valence-corrected chi connectivity index (χ2v) is 7.38. The van der Waals surface area contributed by atoms with E-state index in [0.717, 1.165) is 35.4 Å². The van der Waals surface area contributed by atoms with Crippen LogP contribution in [0.1, 0.15) is 76.2 Å². The molecule has 5 heteroatoms. The number of aryl methyl sites for hydroxylation is 1. The summed E-state index contributed by atoms with van der Waals surface area (Å²) in [7, 11) is 0. The summed E-state index contributed by atoms with van der Waals surface area (Å²) < 4.78 is 13.0. The molecule has 1 heterocycles. The molecule has 0 aliphatic carbocycles. The summed E-state index contributed by atoms with van der Waals surface area (Å²) in [5.41, 5.74) is 4.03. The van der Waals surface area contributed by atoms with Crippen molar-refractivity contribution >= 4 is 11.4 Å². The number of Topliss-reactive ketones (excluding diaryl/α,β-unsaturated/α-hetero) is 1. The number of nitrogens with one attached hydrogen (secondary N) is 1. The second-order valence-electron chi connectivity index (χ2n) is 7.38. The first-order valence-corrected chi connectivity index (χ1v) is 10.8. The molecule has 2 rings (SSSR count). The molecule has 1 aromatic carbocycles. The minimum Gasteiger partial charge on any atom is -0.505 e. The highest BCUT2D eigenvalue weighted by Gasteiger charge is 2.15. The Hall–Kier alpha value is -2.95. The predicted octanol–water partition coefficient (Wildman–Crippen LogP) is 7.04. The molecule has 4 nitrogen and oxygen atoms in total. The van der Waals surface area contributed by atoms with Gasteiger partial charge in [-0.2, -0.15) is 5.10 Å². The van der Waals surface area contributed by atoms with Crippen LogP contribution < -0.4 is 0 Å². The molecular weight excluding hydrogens is 391 g/mol. The lowest BCUT2D eigenvalue weighted by molar-refractivity contribution is -0.119. The van der Waals surface area contributed by atoms with Gasteiger partial charge in [-0.15, -0.1) is 0 Å². The Morgan fingerprint density at radius 3 is 2.48 bits per heavy atom. The number of H-pyrrole nitrogens is 1. The lowest BCUT2D eigenvalue weighted by atomic mass is 9.89. The molecular formula is C26H35FN2O2. The summed E-state index contributed by atoms with van der Waals surface area (Å²) in [4.78, 5) is 11.5. The van der Waals surface area contributed by atoms with Crippen LogP contribution in [-0.2, 0) is 4.79 Å². The Kier molecular flexibility index (Phi) is 11.9. The van der Waals surface area contributed by atoms with Gasteiger partial charge in [0.15, 0.2) is 11.6 Å². The van der Waals surface area contributed by atoms with Gasteiger partial charge in [0.1, 0.15) is 5.78 Å². The van der Waals surface area contributed by atoms with Gasteiger partial charge in [0.2, 0.25) is 0 Å². The Morgan fingerprint density at radius 2 is 1.97 bits per heavy atom. The lowest BCUT2D eigenvalue weighted by Gasteiger charge is -2.16. The molecule has 0 amide bonds. The van der Waals surface area contributed by atoms with Crippen molar-refractivity contribution in [2.45, 2.75) is 66.2 Å². The van der Waals surface area contributed by atoms with E-state index in [1.807, 2.05) is 58.9 Å². The van der Waals surface area contributed by atoms with E-state index in [1.54, 1.807) is 6.07 Å². The number of hydrogen-bond donors (Lipinski definition) is 2. The smallest absolute Gasteiger partial charge is 0.164 e. The van der Waals surface area contributed by atoms with Gasteiger partial charge in [0.25, 0.3) is 0 Å². The van der Waals surface area contributed by atoms with Gasteiger partial charge in [-0.3, -0.25) is 9.89 Å². The normalized spacial score (nSPS) is 12.8. The number of ketones is 1. The SMILES string of the molecule is CCCC(CC(=O)CC)c1ccc(F)c(O)c1.C\C=C/C(=C\C=C\C)c1cc(C)[nH]n1. The van der Waals surface area contributed by atoms with Crippen molar-refractivity contribution in [2.24, 2.45) is 0 Å². The van der Waals surface area contributed by atoms with Gasteiger partial charge in [-0.1, -0.05) is 56.7 Å². The Morgan fingerprint density at radius 1 is 1.23 bits per heavy atom. The summed E-state index contributed by atoms with van der Waals surface area (Å²) in [6.45, 7) is 9.89. The first-order valence-electron chi connectivity index (χ1n) is 10.8. The number of carbonyl (C=O) groups excluding carboxylic acids is 1. The number of aromatic amines is 1. The summed E-state index contributed by atoms with van der Waals surface area (Å²) in [6, 6.07) is 6.37. The third kappa shape index (κ3) is 9.16. The molecule has 2 N–H and O–H groups in total. The lowest BCUT2D eigenvalue weighted by Crippen LogP contribution is -2.06. The number of halogens is 1. The molecule has 0 saturated heterocycles. The molecule has 31 heavy (non-hydrogen) atoms. The Labute approximate surface area is 185 Å². The number of nitrogens with zero attached hydrogens (tertiary/aromatic N) is 1. The van der Waals surface area contributed by atoms with Crippen LogP contribution in [0.3, 0.4) is 0 Å². The maximum Gasteiger partial charge on any atom is 0.164 e. The van der Waals surface area contributed by atoms with E-state index in [2.05, 4.69) is 22.3 Å². The van der Waals surface area contributed by atoms with Crippen LogP contribution in [0.25, 0.3) is 5.57 Å². The maximum absolute atomic E-state index is 13.0. The van der Waals surface area contributed by atoms with Gasteiger partial charge in [-0.25, -0.2) is 4.39 Å². The van der Waals surface area contributed by atoms with Crippen molar-refractivity contribution in [2.75, 3.05) is 0 Å². The Bertz CT molecular complexity index is 910. The summed E-state index contributed by atoms with van der Waals surface area (Å²) in [5.74, 6) is -0.676. The molecule has 0 fully saturated rings. The highest BCUT2D eigenvalue weighted by atomic mass is 19.1. The van der Waals surface area contributed by atoms with E-state index < -0.39 is 5.82 Å². The standard InChI is InChI=1S/C14H19FO2.C12H16N2/c1-3-5-10(8-12(16)4-2)11-6-7-13(15)14(17)9-11;1-4-6-8-11(7-5-2)12-9-10(3)13-14-12/h6-7,9-10,17H,3-5,8H2,1-2H3;4-9H,1-3H3,(H,13,14)/b;6-4+,7-5-,11-8+. The third-order valence-electron chi connectivity index (χ3n) is 4.76. The van der Waals surface area contributed by atoms with Crippen molar-refractivity contribution < 1.29 is 14.3 Å². The van der Waals surface area contributed by atoms with Gasteiger partial charge >= 0.3 is 0 Å². The van der Waals surface area contributed by atoms with Gasteiger partial charge in [0.05, 0.1) is 5.69 Å². The zero-order valence-electron chi connectivity index (χ0n) is 19.3. The largest absolute Gasteiger partial charge is 0.505 e.